The molecule has 0 aliphatic carbocycles. The molecule has 1 N–H and O–H groups in total. The number of hydrogen-bond donors (Lipinski definition) is 1. The predicted octanol–water partition coefficient (Wildman–Crippen LogP) is 4.96. The van der Waals surface area contributed by atoms with Gasteiger partial charge in [0.05, 0.1) is 0 Å². The van der Waals surface area contributed by atoms with Crippen LogP contribution in [0.3, 0.4) is 0 Å². The summed E-state index contributed by atoms with van der Waals surface area (Å²) in [6.07, 6.45) is 1.12. The molecule has 1 rings (SSSR count). The van der Waals surface area contributed by atoms with Gasteiger partial charge in [0.25, 0.3) is 0 Å². The van der Waals surface area contributed by atoms with Crippen molar-refractivity contribution in [3.8, 4) is 0 Å². The fraction of sp³-hybridized carbons (Fsp3) is 0.647. The van der Waals surface area contributed by atoms with Crippen molar-refractivity contribution in [3.63, 3.8) is 0 Å². The first-order valence-electron chi connectivity index (χ1n) is 7.34. The van der Waals surface area contributed by atoms with Gasteiger partial charge in [0, 0.05) is 34.8 Å². The number of benzene rings is 1. The van der Waals surface area contributed by atoms with Gasteiger partial charge < -0.3 is 10.2 Å². The Morgan fingerprint density at radius 1 is 1.15 bits per heavy atom. The summed E-state index contributed by atoms with van der Waals surface area (Å²) < 4.78 is 1.17. The maximum Gasteiger partial charge on any atom is 0.0379 e. The van der Waals surface area contributed by atoms with Crippen LogP contribution in [0.5, 0.6) is 0 Å². The van der Waals surface area contributed by atoms with Gasteiger partial charge >= 0.3 is 0 Å². The molecule has 0 heterocycles. The quantitative estimate of drug-likeness (QED) is 0.814. The maximum absolute atomic E-state index is 3.71. The number of rotatable bonds is 5. The van der Waals surface area contributed by atoms with Crippen LogP contribution in [0.4, 0.5) is 5.69 Å². The highest BCUT2D eigenvalue weighted by Crippen LogP contribution is 2.29. The topological polar surface area (TPSA) is 15.3 Å². The van der Waals surface area contributed by atoms with Crippen molar-refractivity contribution in [3.05, 3.63) is 28.2 Å². The Labute approximate surface area is 133 Å². The molecular weight excluding hydrogens is 312 g/mol. The summed E-state index contributed by atoms with van der Waals surface area (Å²) >= 11 is 3.71. The van der Waals surface area contributed by atoms with Gasteiger partial charge in [-0.05, 0) is 58.7 Å². The van der Waals surface area contributed by atoms with Crippen molar-refractivity contribution in [2.45, 2.75) is 65.6 Å². The van der Waals surface area contributed by atoms with Gasteiger partial charge in [0.15, 0.2) is 0 Å². The normalized spacial score (nSPS) is 12.6. The standard InChI is InChI=1S/C17H29BrN2/c1-8-17(5,6)20(7)14-10-9-13(15(18)11-14)12-19-16(2,3)4/h9-11,19H,8,12H2,1-7H3. The van der Waals surface area contributed by atoms with Gasteiger partial charge in [-0.3, -0.25) is 0 Å². The molecule has 3 heteroatoms. The van der Waals surface area contributed by atoms with Crippen molar-refractivity contribution < 1.29 is 0 Å². The molecule has 0 spiro atoms. The molecule has 0 atom stereocenters. The highest BCUT2D eigenvalue weighted by Gasteiger charge is 2.22. The molecule has 114 valence electrons. The van der Waals surface area contributed by atoms with Crippen LogP contribution in [0, 0.1) is 0 Å². The first kappa shape index (κ1) is 17.5. The number of nitrogens with zero attached hydrogens (tertiary/aromatic N) is 1. The van der Waals surface area contributed by atoms with E-state index in [0.717, 1.165) is 13.0 Å². The molecular formula is C17H29BrN2. The van der Waals surface area contributed by atoms with Gasteiger partial charge in [-0.15, -0.1) is 0 Å². The summed E-state index contributed by atoms with van der Waals surface area (Å²) in [7, 11) is 2.17. The molecule has 0 amide bonds. The van der Waals surface area contributed by atoms with E-state index >= 15 is 0 Å². The van der Waals surface area contributed by atoms with E-state index < -0.39 is 0 Å². The molecule has 0 bridgehead atoms. The Balaban J connectivity index is 2.88. The molecule has 0 aromatic heterocycles. The van der Waals surface area contributed by atoms with Gasteiger partial charge in [-0.25, -0.2) is 0 Å². The van der Waals surface area contributed by atoms with E-state index in [1.165, 1.54) is 15.7 Å². The van der Waals surface area contributed by atoms with Crippen molar-refractivity contribution in [2.75, 3.05) is 11.9 Å². The molecule has 0 aliphatic rings. The highest BCUT2D eigenvalue weighted by molar-refractivity contribution is 9.10. The summed E-state index contributed by atoms with van der Waals surface area (Å²) in [6, 6.07) is 6.64. The minimum atomic E-state index is 0.138. The Morgan fingerprint density at radius 3 is 2.20 bits per heavy atom. The number of hydrogen-bond acceptors (Lipinski definition) is 2. The van der Waals surface area contributed by atoms with E-state index in [4.69, 9.17) is 0 Å². The second-order valence-corrected chi connectivity index (χ2v) is 7.96. The SMILES string of the molecule is CCC(C)(C)N(C)c1ccc(CNC(C)(C)C)c(Br)c1. The van der Waals surface area contributed by atoms with Crippen molar-refractivity contribution in [2.24, 2.45) is 0 Å². The lowest BCUT2D eigenvalue weighted by Crippen LogP contribution is -2.40. The van der Waals surface area contributed by atoms with Gasteiger partial charge in [0.1, 0.15) is 0 Å². The lowest BCUT2D eigenvalue weighted by atomic mass is 9.99. The summed E-state index contributed by atoms with van der Waals surface area (Å²) in [5, 5.41) is 3.53. The molecule has 0 aliphatic heterocycles. The summed E-state index contributed by atoms with van der Waals surface area (Å²) in [6.45, 7) is 14.2. The Hall–Kier alpha value is -0.540. The first-order valence-corrected chi connectivity index (χ1v) is 8.13. The largest absolute Gasteiger partial charge is 0.369 e. The Kier molecular flexibility index (Phi) is 5.68. The fourth-order valence-corrected chi connectivity index (χ4v) is 2.34. The molecule has 20 heavy (non-hydrogen) atoms. The molecule has 0 saturated carbocycles. The van der Waals surface area contributed by atoms with Crippen LogP contribution in [0.25, 0.3) is 0 Å². The van der Waals surface area contributed by atoms with Gasteiger partial charge in [-0.1, -0.05) is 28.9 Å². The Bertz CT molecular complexity index is 447. The number of nitrogens with one attached hydrogen (secondary N) is 1. The summed E-state index contributed by atoms with van der Waals surface area (Å²) in [4.78, 5) is 2.35. The molecule has 2 nitrogen and oxygen atoms in total. The smallest absolute Gasteiger partial charge is 0.0379 e. The minimum Gasteiger partial charge on any atom is -0.369 e. The zero-order chi connectivity index (χ0) is 15.6. The third-order valence-corrected chi connectivity index (χ3v) is 4.74. The van der Waals surface area contributed by atoms with Crippen molar-refractivity contribution >= 4 is 21.6 Å². The fourth-order valence-electron chi connectivity index (χ4n) is 1.84. The summed E-state index contributed by atoms with van der Waals surface area (Å²) in [5.41, 5.74) is 2.86. The molecule has 0 unspecified atom stereocenters. The lowest BCUT2D eigenvalue weighted by molar-refractivity contribution is 0.424. The predicted molar refractivity (Wildman–Crippen MR) is 93.5 cm³/mol. The van der Waals surface area contributed by atoms with Crippen LogP contribution in [-0.4, -0.2) is 18.1 Å². The highest BCUT2D eigenvalue weighted by atomic mass is 79.9. The van der Waals surface area contributed by atoms with E-state index in [-0.39, 0.29) is 11.1 Å². The number of anilines is 1. The van der Waals surface area contributed by atoms with Crippen LogP contribution < -0.4 is 10.2 Å². The average molecular weight is 341 g/mol. The molecule has 0 fully saturated rings. The molecule has 0 saturated heterocycles. The van der Waals surface area contributed by atoms with E-state index in [1.807, 2.05) is 0 Å². The second-order valence-electron chi connectivity index (χ2n) is 7.10. The molecule has 0 radical (unpaired) electrons. The van der Waals surface area contributed by atoms with Gasteiger partial charge in [0.2, 0.25) is 0 Å². The average Bonchev–Trinajstić information content (AvgIpc) is 2.35. The number of halogens is 1. The second kappa shape index (κ2) is 6.48. The van der Waals surface area contributed by atoms with Crippen LogP contribution >= 0.6 is 15.9 Å². The van der Waals surface area contributed by atoms with Crippen LogP contribution in [0.15, 0.2) is 22.7 Å². The third-order valence-electron chi connectivity index (χ3n) is 4.01. The zero-order valence-electron chi connectivity index (χ0n) is 14.0. The Morgan fingerprint density at radius 2 is 1.75 bits per heavy atom. The van der Waals surface area contributed by atoms with E-state index in [1.54, 1.807) is 0 Å². The maximum atomic E-state index is 3.71. The van der Waals surface area contributed by atoms with E-state index in [9.17, 15) is 0 Å². The third kappa shape index (κ3) is 4.78. The monoisotopic (exact) mass is 340 g/mol. The van der Waals surface area contributed by atoms with Crippen LogP contribution in [-0.2, 0) is 6.54 Å². The molecule has 1 aromatic carbocycles. The van der Waals surface area contributed by atoms with Crippen LogP contribution in [0.2, 0.25) is 0 Å². The van der Waals surface area contributed by atoms with Crippen LogP contribution in [0.1, 0.15) is 53.5 Å². The van der Waals surface area contributed by atoms with Crippen molar-refractivity contribution in [1.82, 2.24) is 5.32 Å². The zero-order valence-corrected chi connectivity index (χ0v) is 15.6. The lowest BCUT2D eigenvalue weighted by Gasteiger charge is -2.37. The first-order chi connectivity index (χ1) is 9.07. The molecule has 1 aromatic rings. The van der Waals surface area contributed by atoms with E-state index in [0.29, 0.717) is 0 Å². The van der Waals surface area contributed by atoms with Crippen molar-refractivity contribution in [1.29, 1.82) is 0 Å². The minimum absolute atomic E-state index is 0.138. The van der Waals surface area contributed by atoms with Gasteiger partial charge in [-0.2, -0.15) is 0 Å². The van der Waals surface area contributed by atoms with E-state index in [2.05, 4.69) is 92.9 Å². The summed E-state index contributed by atoms with van der Waals surface area (Å²) in [5.74, 6) is 0.